The third kappa shape index (κ3) is 3.06. The number of hydrogen-bond acceptors (Lipinski definition) is 1. The van der Waals surface area contributed by atoms with Crippen LogP contribution in [-0.4, -0.2) is 0 Å². The molecular weight excluding hydrogens is 362 g/mol. The molecule has 0 spiro atoms. The molecule has 0 fully saturated rings. The fourth-order valence-corrected chi connectivity index (χ4v) is 4.41. The second kappa shape index (κ2) is 7.33. The Kier molecular flexibility index (Phi) is 4.54. The van der Waals surface area contributed by atoms with Crippen LogP contribution in [0.1, 0.15) is 35.1 Å². The lowest BCUT2D eigenvalue weighted by Crippen LogP contribution is -2.15. The number of hydrogen-bond donors (Lipinski definition) is 0. The van der Waals surface area contributed by atoms with Crippen LogP contribution < -0.4 is 4.90 Å². The maximum absolute atomic E-state index is 6.20. The van der Waals surface area contributed by atoms with Gasteiger partial charge in [-0.15, -0.1) is 0 Å². The Balaban J connectivity index is 1.76. The molecule has 1 nitrogen and oxygen atoms in total. The van der Waals surface area contributed by atoms with Crippen molar-refractivity contribution in [3.63, 3.8) is 0 Å². The van der Waals surface area contributed by atoms with Gasteiger partial charge in [0, 0.05) is 21.8 Å². The van der Waals surface area contributed by atoms with Gasteiger partial charge in [0.25, 0.3) is 0 Å². The molecular formula is C26H22ClN. The largest absolute Gasteiger partial charge is 0.309 e. The highest BCUT2D eigenvalue weighted by atomic mass is 35.5. The molecule has 0 atom stereocenters. The second-order valence-electron chi connectivity index (χ2n) is 7.39. The minimum Gasteiger partial charge on any atom is -0.309 e. The van der Waals surface area contributed by atoms with Crippen LogP contribution in [0, 0.1) is 0 Å². The Morgan fingerprint density at radius 1 is 0.643 bits per heavy atom. The predicted octanol–water partition coefficient (Wildman–Crippen LogP) is 7.73. The average Bonchev–Trinajstić information content (AvgIpc) is 2.75. The van der Waals surface area contributed by atoms with Crippen LogP contribution in [0.2, 0.25) is 5.02 Å². The monoisotopic (exact) mass is 383 g/mol. The summed E-state index contributed by atoms with van der Waals surface area (Å²) in [5.74, 6) is 0. The first-order valence-electron chi connectivity index (χ1n) is 9.94. The summed E-state index contributed by atoms with van der Waals surface area (Å²) in [5, 5.41) is 0.758. The Morgan fingerprint density at radius 3 is 1.71 bits per heavy atom. The van der Waals surface area contributed by atoms with Crippen molar-refractivity contribution >= 4 is 40.8 Å². The minimum absolute atomic E-state index is 0.758. The van der Waals surface area contributed by atoms with E-state index in [0.29, 0.717) is 0 Å². The molecule has 0 heterocycles. The van der Waals surface area contributed by atoms with E-state index >= 15 is 0 Å². The molecule has 0 bridgehead atoms. The molecule has 0 amide bonds. The Labute approximate surface area is 171 Å². The first-order chi connectivity index (χ1) is 13.8. The van der Waals surface area contributed by atoms with E-state index in [0.717, 1.165) is 36.4 Å². The Morgan fingerprint density at radius 2 is 1.18 bits per heavy atom. The van der Waals surface area contributed by atoms with Crippen molar-refractivity contribution in [3.05, 3.63) is 100 Å². The zero-order chi connectivity index (χ0) is 18.9. The summed E-state index contributed by atoms with van der Waals surface area (Å²) in [6, 6.07) is 21.5. The lowest BCUT2D eigenvalue weighted by atomic mass is 9.92. The van der Waals surface area contributed by atoms with Crippen molar-refractivity contribution in [2.45, 2.75) is 25.7 Å². The molecule has 2 heteroatoms. The van der Waals surface area contributed by atoms with Crippen molar-refractivity contribution in [1.29, 1.82) is 0 Å². The smallest absolute Gasteiger partial charge is 0.0536 e. The lowest BCUT2D eigenvalue weighted by molar-refractivity contribution is 0.978. The van der Waals surface area contributed by atoms with E-state index in [-0.39, 0.29) is 0 Å². The maximum atomic E-state index is 6.20. The fraction of sp³-hybridized carbons (Fsp3) is 0.154. The molecule has 0 radical (unpaired) electrons. The van der Waals surface area contributed by atoms with Gasteiger partial charge in [-0.05, 0) is 73.2 Å². The SMILES string of the molecule is Clc1ccc(N(c2cccc3c2C=CCC3)c2cccc3c2C=CCC3)cc1. The van der Waals surface area contributed by atoms with Gasteiger partial charge in [0.05, 0.1) is 11.4 Å². The fourth-order valence-electron chi connectivity index (χ4n) is 4.29. The first kappa shape index (κ1) is 17.3. The molecule has 5 rings (SSSR count). The highest BCUT2D eigenvalue weighted by molar-refractivity contribution is 6.30. The normalized spacial score (nSPS) is 14.5. The number of rotatable bonds is 3. The molecule has 0 saturated carbocycles. The third-order valence-corrected chi connectivity index (χ3v) is 5.90. The van der Waals surface area contributed by atoms with Gasteiger partial charge >= 0.3 is 0 Å². The maximum Gasteiger partial charge on any atom is 0.0536 e. The molecule has 3 aromatic rings. The van der Waals surface area contributed by atoms with E-state index in [1.165, 1.54) is 33.6 Å². The highest BCUT2D eigenvalue weighted by Crippen LogP contribution is 2.43. The van der Waals surface area contributed by atoms with E-state index in [2.05, 4.69) is 77.7 Å². The number of fused-ring (bicyclic) bond motifs is 2. The molecule has 0 N–H and O–H groups in total. The van der Waals surface area contributed by atoms with Gasteiger partial charge in [0.15, 0.2) is 0 Å². The van der Waals surface area contributed by atoms with Crippen molar-refractivity contribution in [3.8, 4) is 0 Å². The topological polar surface area (TPSA) is 3.24 Å². The summed E-state index contributed by atoms with van der Waals surface area (Å²) >= 11 is 6.20. The van der Waals surface area contributed by atoms with Gasteiger partial charge in [0.2, 0.25) is 0 Å². The van der Waals surface area contributed by atoms with Gasteiger partial charge in [-0.25, -0.2) is 0 Å². The van der Waals surface area contributed by atoms with Crippen LogP contribution in [0.5, 0.6) is 0 Å². The summed E-state index contributed by atoms with van der Waals surface area (Å²) < 4.78 is 0. The van der Waals surface area contributed by atoms with Gasteiger partial charge in [0.1, 0.15) is 0 Å². The zero-order valence-electron chi connectivity index (χ0n) is 15.7. The quantitative estimate of drug-likeness (QED) is 0.447. The van der Waals surface area contributed by atoms with Gasteiger partial charge in [-0.1, -0.05) is 60.2 Å². The van der Waals surface area contributed by atoms with E-state index in [1.807, 2.05) is 12.1 Å². The van der Waals surface area contributed by atoms with Crippen LogP contribution in [0.4, 0.5) is 17.1 Å². The Bertz CT molecular complexity index is 1010. The minimum atomic E-state index is 0.758. The molecule has 0 saturated heterocycles. The summed E-state index contributed by atoms with van der Waals surface area (Å²) in [5.41, 5.74) is 9.05. The van der Waals surface area contributed by atoms with Crippen LogP contribution in [0.15, 0.2) is 72.8 Å². The van der Waals surface area contributed by atoms with Gasteiger partial charge in [-0.2, -0.15) is 0 Å². The van der Waals surface area contributed by atoms with Crippen molar-refractivity contribution < 1.29 is 0 Å². The number of anilines is 3. The van der Waals surface area contributed by atoms with Gasteiger partial charge in [-0.3, -0.25) is 0 Å². The van der Waals surface area contributed by atoms with E-state index in [1.54, 1.807) is 0 Å². The summed E-state index contributed by atoms with van der Waals surface area (Å²) in [6.45, 7) is 0. The van der Waals surface area contributed by atoms with Crippen molar-refractivity contribution in [2.24, 2.45) is 0 Å². The van der Waals surface area contributed by atoms with E-state index in [9.17, 15) is 0 Å². The third-order valence-electron chi connectivity index (χ3n) is 5.64. The number of benzene rings is 3. The highest BCUT2D eigenvalue weighted by Gasteiger charge is 2.21. The lowest BCUT2D eigenvalue weighted by Gasteiger charge is -2.31. The summed E-state index contributed by atoms with van der Waals surface area (Å²) in [6.07, 6.45) is 13.5. The first-order valence-corrected chi connectivity index (χ1v) is 10.3. The van der Waals surface area contributed by atoms with Crippen molar-refractivity contribution in [1.82, 2.24) is 0 Å². The molecule has 28 heavy (non-hydrogen) atoms. The summed E-state index contributed by atoms with van der Waals surface area (Å²) in [7, 11) is 0. The predicted molar refractivity (Wildman–Crippen MR) is 121 cm³/mol. The van der Waals surface area contributed by atoms with Crippen LogP contribution in [0.3, 0.4) is 0 Å². The van der Waals surface area contributed by atoms with Gasteiger partial charge < -0.3 is 4.90 Å². The standard InChI is InChI=1S/C26H22ClN/c27-21-15-17-22(18-16-21)28(25-13-5-9-19-7-1-3-11-23(19)25)26-14-6-10-20-8-2-4-12-24(20)26/h3-6,9-18H,1-2,7-8H2. The number of aryl methyl sites for hydroxylation is 2. The molecule has 138 valence electrons. The number of nitrogens with zero attached hydrogens (tertiary/aromatic N) is 1. The Hall–Kier alpha value is -2.77. The molecule has 2 aliphatic rings. The molecule has 0 unspecified atom stereocenters. The van der Waals surface area contributed by atoms with Crippen LogP contribution in [0.25, 0.3) is 12.2 Å². The molecule has 3 aromatic carbocycles. The number of allylic oxidation sites excluding steroid dienone is 2. The zero-order valence-corrected chi connectivity index (χ0v) is 16.5. The molecule has 0 aliphatic heterocycles. The van der Waals surface area contributed by atoms with Crippen LogP contribution in [-0.2, 0) is 12.8 Å². The van der Waals surface area contributed by atoms with Crippen molar-refractivity contribution in [2.75, 3.05) is 4.90 Å². The molecule has 0 aromatic heterocycles. The molecule has 2 aliphatic carbocycles. The van der Waals surface area contributed by atoms with E-state index < -0.39 is 0 Å². The second-order valence-corrected chi connectivity index (χ2v) is 7.83. The van der Waals surface area contributed by atoms with Crippen LogP contribution >= 0.6 is 11.6 Å². The van der Waals surface area contributed by atoms with E-state index in [4.69, 9.17) is 11.6 Å². The summed E-state index contributed by atoms with van der Waals surface area (Å²) in [4.78, 5) is 2.39. The number of halogens is 1. The average molecular weight is 384 g/mol.